The van der Waals surface area contributed by atoms with E-state index in [1.54, 1.807) is 18.2 Å². The molecular formula is C13H12BrN5O2. The van der Waals surface area contributed by atoms with Gasteiger partial charge in [0.2, 0.25) is 11.6 Å². The van der Waals surface area contributed by atoms with Crippen molar-refractivity contribution in [1.29, 1.82) is 0 Å². The number of nitrogens with one attached hydrogen (secondary N) is 2. The Morgan fingerprint density at radius 1 is 1.29 bits per heavy atom. The molecule has 0 unspecified atom stereocenters. The molecule has 1 aromatic carbocycles. The highest BCUT2D eigenvalue weighted by atomic mass is 79.9. The summed E-state index contributed by atoms with van der Waals surface area (Å²) in [5.74, 6) is 0.276. The number of anilines is 3. The molecule has 0 amide bonds. The fraction of sp³-hybridized carbons (Fsp3) is 0.0769. The summed E-state index contributed by atoms with van der Waals surface area (Å²) in [6, 6.07) is 7.22. The van der Waals surface area contributed by atoms with Crippen LogP contribution in [0.2, 0.25) is 0 Å². The fourth-order valence-electron chi connectivity index (χ4n) is 1.61. The maximum absolute atomic E-state index is 11.3. The Morgan fingerprint density at radius 2 is 1.95 bits per heavy atom. The maximum atomic E-state index is 11.3. The third kappa shape index (κ3) is 3.76. The van der Waals surface area contributed by atoms with Crippen molar-refractivity contribution in [1.82, 2.24) is 9.97 Å². The molecule has 0 fully saturated rings. The predicted molar refractivity (Wildman–Crippen MR) is 84.8 cm³/mol. The Bertz CT molecular complexity index is 660. The average molecular weight is 350 g/mol. The molecule has 2 aromatic rings. The highest BCUT2D eigenvalue weighted by Gasteiger charge is 2.22. The number of nitro groups is 1. The molecule has 7 nitrogen and oxygen atoms in total. The molecule has 0 aliphatic heterocycles. The van der Waals surface area contributed by atoms with Crippen LogP contribution in [0.5, 0.6) is 0 Å². The van der Waals surface area contributed by atoms with E-state index >= 15 is 0 Å². The van der Waals surface area contributed by atoms with E-state index in [0.29, 0.717) is 12.2 Å². The second-order valence-corrected chi connectivity index (χ2v) is 4.89. The van der Waals surface area contributed by atoms with Gasteiger partial charge in [-0.3, -0.25) is 10.1 Å². The Hall–Kier alpha value is -2.48. The lowest BCUT2D eigenvalue weighted by Gasteiger charge is -2.09. The summed E-state index contributed by atoms with van der Waals surface area (Å²) in [5, 5.41) is 17.0. The first kappa shape index (κ1) is 14.9. The number of aromatic nitrogens is 2. The summed E-state index contributed by atoms with van der Waals surface area (Å²) < 4.78 is 0.915. The first-order valence-corrected chi connectivity index (χ1v) is 6.78. The molecule has 2 rings (SSSR count). The lowest BCUT2D eigenvalue weighted by atomic mass is 10.3. The van der Waals surface area contributed by atoms with E-state index in [1.165, 1.54) is 6.33 Å². The van der Waals surface area contributed by atoms with Gasteiger partial charge in [-0.15, -0.1) is 6.58 Å². The van der Waals surface area contributed by atoms with E-state index in [4.69, 9.17) is 0 Å². The first-order chi connectivity index (χ1) is 10.1. The van der Waals surface area contributed by atoms with Gasteiger partial charge in [-0.1, -0.05) is 22.0 Å². The molecule has 0 saturated carbocycles. The number of halogens is 1. The number of rotatable bonds is 6. The Morgan fingerprint density at radius 3 is 2.57 bits per heavy atom. The zero-order valence-electron chi connectivity index (χ0n) is 10.9. The standard InChI is InChI=1S/C13H12BrN5O2/c1-2-7-15-12-11(19(20)21)13(17-8-16-12)18-10-5-3-9(14)4-6-10/h2-6,8H,1,7H2,(H2,15,16,17,18). The SMILES string of the molecule is C=CCNc1ncnc(Nc2ccc(Br)cc2)c1[N+](=O)[O-]. The lowest BCUT2D eigenvalue weighted by molar-refractivity contribution is -0.383. The third-order valence-corrected chi connectivity index (χ3v) is 3.05. The van der Waals surface area contributed by atoms with Crippen molar-refractivity contribution in [3.8, 4) is 0 Å². The van der Waals surface area contributed by atoms with Gasteiger partial charge < -0.3 is 10.6 Å². The minimum atomic E-state index is -0.521. The van der Waals surface area contributed by atoms with Crippen LogP contribution in [0.1, 0.15) is 0 Å². The highest BCUT2D eigenvalue weighted by molar-refractivity contribution is 9.10. The van der Waals surface area contributed by atoms with Crippen molar-refractivity contribution in [2.24, 2.45) is 0 Å². The minimum Gasteiger partial charge on any atom is -0.361 e. The molecule has 0 atom stereocenters. The molecule has 0 radical (unpaired) electrons. The van der Waals surface area contributed by atoms with Crippen LogP contribution in [0.15, 0.2) is 47.7 Å². The molecule has 8 heteroatoms. The summed E-state index contributed by atoms with van der Waals surface area (Å²) in [6.45, 7) is 3.92. The van der Waals surface area contributed by atoms with Gasteiger partial charge in [0.15, 0.2) is 0 Å². The summed E-state index contributed by atoms with van der Waals surface area (Å²) >= 11 is 3.33. The molecule has 21 heavy (non-hydrogen) atoms. The Labute approximate surface area is 129 Å². The molecule has 0 aliphatic rings. The van der Waals surface area contributed by atoms with Gasteiger partial charge >= 0.3 is 5.69 Å². The van der Waals surface area contributed by atoms with Gasteiger partial charge in [-0.2, -0.15) is 0 Å². The quantitative estimate of drug-likeness (QED) is 0.471. The van der Waals surface area contributed by atoms with Crippen molar-refractivity contribution in [3.63, 3.8) is 0 Å². The molecular weight excluding hydrogens is 338 g/mol. The van der Waals surface area contributed by atoms with Crippen LogP contribution < -0.4 is 10.6 Å². The smallest absolute Gasteiger partial charge is 0.353 e. The molecule has 1 heterocycles. The monoisotopic (exact) mass is 349 g/mol. The number of hydrogen-bond donors (Lipinski definition) is 2. The van der Waals surface area contributed by atoms with Gasteiger partial charge in [0.05, 0.1) is 4.92 Å². The topological polar surface area (TPSA) is 93.0 Å². The van der Waals surface area contributed by atoms with Crippen molar-refractivity contribution in [3.05, 3.63) is 57.8 Å². The molecule has 2 N–H and O–H groups in total. The molecule has 0 saturated heterocycles. The molecule has 108 valence electrons. The zero-order valence-corrected chi connectivity index (χ0v) is 12.5. The van der Waals surface area contributed by atoms with Crippen LogP contribution in [0.3, 0.4) is 0 Å². The van der Waals surface area contributed by atoms with E-state index in [0.717, 1.165) is 4.47 Å². The lowest BCUT2D eigenvalue weighted by Crippen LogP contribution is -2.08. The molecule has 0 spiro atoms. The van der Waals surface area contributed by atoms with E-state index in [2.05, 4.69) is 43.1 Å². The zero-order chi connectivity index (χ0) is 15.2. The number of benzene rings is 1. The van der Waals surface area contributed by atoms with Crippen molar-refractivity contribution >= 4 is 38.9 Å². The van der Waals surface area contributed by atoms with Gasteiger partial charge in [-0.25, -0.2) is 9.97 Å². The first-order valence-electron chi connectivity index (χ1n) is 5.98. The summed E-state index contributed by atoms with van der Waals surface area (Å²) in [5.41, 5.74) is 0.483. The summed E-state index contributed by atoms with van der Waals surface area (Å²) in [7, 11) is 0. The molecule has 0 aliphatic carbocycles. The van der Waals surface area contributed by atoms with E-state index in [9.17, 15) is 10.1 Å². The highest BCUT2D eigenvalue weighted by Crippen LogP contribution is 2.31. The number of nitrogens with zero attached hydrogens (tertiary/aromatic N) is 3. The normalized spacial score (nSPS) is 9.95. The van der Waals surface area contributed by atoms with Gasteiger partial charge in [-0.05, 0) is 24.3 Å². The van der Waals surface area contributed by atoms with Gasteiger partial charge in [0, 0.05) is 16.7 Å². The van der Waals surface area contributed by atoms with E-state index in [-0.39, 0.29) is 17.3 Å². The van der Waals surface area contributed by atoms with Gasteiger partial charge in [0.25, 0.3) is 0 Å². The summed E-state index contributed by atoms with van der Waals surface area (Å²) in [6.07, 6.45) is 2.85. The Kier molecular flexibility index (Phi) is 4.83. The second kappa shape index (κ2) is 6.80. The van der Waals surface area contributed by atoms with E-state index in [1.807, 2.05) is 12.1 Å². The second-order valence-electron chi connectivity index (χ2n) is 3.98. The molecule has 0 bridgehead atoms. The number of hydrogen-bond acceptors (Lipinski definition) is 6. The fourth-order valence-corrected chi connectivity index (χ4v) is 1.88. The third-order valence-electron chi connectivity index (χ3n) is 2.53. The van der Waals surface area contributed by atoms with Crippen molar-refractivity contribution in [2.75, 3.05) is 17.2 Å². The molecule has 1 aromatic heterocycles. The van der Waals surface area contributed by atoms with Crippen LogP contribution in [0, 0.1) is 10.1 Å². The average Bonchev–Trinajstić information content (AvgIpc) is 2.47. The van der Waals surface area contributed by atoms with Crippen LogP contribution in [0.25, 0.3) is 0 Å². The van der Waals surface area contributed by atoms with Crippen LogP contribution in [-0.2, 0) is 0 Å². The van der Waals surface area contributed by atoms with Gasteiger partial charge in [0.1, 0.15) is 6.33 Å². The van der Waals surface area contributed by atoms with Crippen molar-refractivity contribution in [2.45, 2.75) is 0 Å². The van der Waals surface area contributed by atoms with Crippen molar-refractivity contribution < 1.29 is 4.92 Å². The van der Waals surface area contributed by atoms with Crippen LogP contribution in [-0.4, -0.2) is 21.4 Å². The minimum absolute atomic E-state index is 0.129. The van der Waals surface area contributed by atoms with Crippen LogP contribution in [0.4, 0.5) is 23.0 Å². The predicted octanol–water partition coefficient (Wildman–Crippen LogP) is 3.49. The largest absolute Gasteiger partial charge is 0.361 e. The summed E-state index contributed by atoms with van der Waals surface area (Å²) in [4.78, 5) is 18.6. The van der Waals surface area contributed by atoms with E-state index < -0.39 is 4.92 Å². The maximum Gasteiger partial charge on any atom is 0.353 e. The van der Waals surface area contributed by atoms with Crippen LogP contribution >= 0.6 is 15.9 Å². The Balaban J connectivity index is 2.35.